The van der Waals surface area contributed by atoms with Gasteiger partial charge in [0.1, 0.15) is 0 Å². The molecule has 2 fully saturated rings. The van der Waals surface area contributed by atoms with Crippen LogP contribution in [0.25, 0.3) is 0 Å². The van der Waals surface area contributed by atoms with Gasteiger partial charge < -0.3 is 15.5 Å². The molecule has 0 aliphatic heterocycles. The predicted molar refractivity (Wildman–Crippen MR) is 96.4 cm³/mol. The summed E-state index contributed by atoms with van der Waals surface area (Å²) >= 11 is 0. The molecule has 2 bridgehead atoms. The summed E-state index contributed by atoms with van der Waals surface area (Å²) in [6, 6.07) is 0. The summed E-state index contributed by atoms with van der Waals surface area (Å²) < 4.78 is 0. The Morgan fingerprint density at radius 3 is 2.35 bits per heavy atom. The lowest BCUT2D eigenvalue weighted by atomic mass is 9.64. The van der Waals surface area contributed by atoms with Crippen molar-refractivity contribution in [1.82, 2.24) is 15.5 Å². The van der Waals surface area contributed by atoms with E-state index in [0.29, 0.717) is 12.5 Å². The molecule has 0 unspecified atom stereocenters. The Kier molecular flexibility index (Phi) is 6.12. The average Bonchev–Trinajstić information content (AvgIpc) is 3.06. The van der Waals surface area contributed by atoms with Crippen molar-refractivity contribution in [1.29, 1.82) is 0 Å². The molecule has 2 aliphatic rings. The normalized spacial score (nSPS) is 31.7. The summed E-state index contributed by atoms with van der Waals surface area (Å²) in [5.74, 6) is 1.60. The Hall–Kier alpha value is -0.610. The molecule has 1 amide bonds. The molecule has 134 valence electrons. The summed E-state index contributed by atoms with van der Waals surface area (Å²) in [6.07, 6.45) is 5.01. The Labute approximate surface area is 142 Å². The van der Waals surface area contributed by atoms with Crippen LogP contribution in [0.5, 0.6) is 0 Å². The third kappa shape index (κ3) is 3.74. The van der Waals surface area contributed by atoms with Gasteiger partial charge in [-0.2, -0.15) is 0 Å². The number of hydrogen-bond acceptors (Lipinski definition) is 3. The number of carbonyl (C=O) groups excluding carboxylic acids is 1. The number of nitrogens with one attached hydrogen (secondary N) is 2. The molecular formula is C19H37N3O. The first kappa shape index (κ1) is 18.7. The first-order valence-corrected chi connectivity index (χ1v) is 9.59. The van der Waals surface area contributed by atoms with E-state index in [9.17, 15) is 4.79 Å². The van der Waals surface area contributed by atoms with E-state index in [2.05, 4.69) is 50.2 Å². The number of fused-ring (bicyclic) bond motifs is 2. The first-order chi connectivity index (χ1) is 10.8. The zero-order valence-electron chi connectivity index (χ0n) is 15.9. The Balaban J connectivity index is 1.71. The zero-order valence-corrected chi connectivity index (χ0v) is 15.9. The van der Waals surface area contributed by atoms with E-state index in [-0.39, 0.29) is 16.9 Å². The molecule has 0 aromatic carbocycles. The van der Waals surface area contributed by atoms with E-state index < -0.39 is 0 Å². The highest BCUT2D eigenvalue weighted by Gasteiger charge is 2.60. The molecule has 3 atom stereocenters. The van der Waals surface area contributed by atoms with Gasteiger partial charge in [-0.15, -0.1) is 0 Å². The summed E-state index contributed by atoms with van der Waals surface area (Å²) in [7, 11) is 0. The van der Waals surface area contributed by atoms with E-state index in [1.807, 2.05) is 0 Å². The van der Waals surface area contributed by atoms with E-state index in [1.165, 1.54) is 19.3 Å². The third-order valence-corrected chi connectivity index (χ3v) is 7.02. The second-order valence-corrected chi connectivity index (χ2v) is 8.24. The van der Waals surface area contributed by atoms with Gasteiger partial charge in [-0.3, -0.25) is 4.79 Å². The number of hydrogen-bond donors (Lipinski definition) is 2. The maximum atomic E-state index is 12.4. The van der Waals surface area contributed by atoms with Crippen LogP contribution in [0.3, 0.4) is 0 Å². The van der Waals surface area contributed by atoms with Gasteiger partial charge in [-0.05, 0) is 76.0 Å². The van der Waals surface area contributed by atoms with Gasteiger partial charge in [-0.1, -0.05) is 27.7 Å². The van der Waals surface area contributed by atoms with Gasteiger partial charge in [0.05, 0.1) is 6.54 Å². The van der Waals surface area contributed by atoms with E-state index in [4.69, 9.17) is 0 Å². The average molecular weight is 324 g/mol. The van der Waals surface area contributed by atoms with Crippen LogP contribution >= 0.6 is 0 Å². The van der Waals surface area contributed by atoms with Crippen LogP contribution in [0.2, 0.25) is 0 Å². The molecule has 4 heteroatoms. The Morgan fingerprint density at radius 1 is 1.13 bits per heavy atom. The maximum Gasteiger partial charge on any atom is 0.234 e. The number of carbonyl (C=O) groups is 1. The fourth-order valence-electron chi connectivity index (χ4n) is 4.88. The van der Waals surface area contributed by atoms with Gasteiger partial charge >= 0.3 is 0 Å². The predicted octanol–water partition coefficient (Wildman–Crippen LogP) is 2.64. The lowest BCUT2D eigenvalue weighted by molar-refractivity contribution is -0.124. The van der Waals surface area contributed by atoms with Gasteiger partial charge in [0.2, 0.25) is 5.91 Å². The van der Waals surface area contributed by atoms with Crippen LogP contribution in [-0.2, 0) is 4.79 Å². The van der Waals surface area contributed by atoms with Crippen molar-refractivity contribution in [2.75, 3.05) is 32.7 Å². The monoisotopic (exact) mass is 323 g/mol. The zero-order chi connectivity index (χ0) is 17.1. The Morgan fingerprint density at radius 2 is 1.78 bits per heavy atom. The number of rotatable bonds is 9. The molecule has 2 N–H and O–H groups in total. The lowest BCUT2D eigenvalue weighted by Gasteiger charge is -2.48. The van der Waals surface area contributed by atoms with Crippen LogP contribution in [0, 0.1) is 17.3 Å². The molecule has 0 heterocycles. The minimum Gasteiger partial charge on any atom is -0.349 e. The highest BCUT2D eigenvalue weighted by molar-refractivity contribution is 5.79. The van der Waals surface area contributed by atoms with Gasteiger partial charge in [-0.25, -0.2) is 0 Å². The molecule has 0 radical (unpaired) electrons. The minimum atomic E-state index is -0.0318. The van der Waals surface area contributed by atoms with Gasteiger partial charge in [0, 0.05) is 5.54 Å². The third-order valence-electron chi connectivity index (χ3n) is 7.02. The molecular weight excluding hydrogens is 286 g/mol. The smallest absolute Gasteiger partial charge is 0.234 e. The van der Waals surface area contributed by atoms with Crippen molar-refractivity contribution < 1.29 is 4.79 Å². The SMILES string of the molecule is CCN(CC)CCCNCC(=O)N[C@@]1(C)[C@H]2CC[C@@H](C2)C1(C)C. The summed E-state index contributed by atoms with van der Waals surface area (Å²) in [4.78, 5) is 14.8. The molecule has 4 nitrogen and oxygen atoms in total. The highest BCUT2D eigenvalue weighted by Crippen LogP contribution is 2.61. The van der Waals surface area contributed by atoms with Crippen molar-refractivity contribution >= 4 is 5.91 Å². The number of nitrogens with zero attached hydrogens (tertiary/aromatic N) is 1. The molecule has 0 spiro atoms. The molecule has 2 rings (SSSR count). The van der Waals surface area contributed by atoms with Gasteiger partial charge in [0.25, 0.3) is 0 Å². The van der Waals surface area contributed by atoms with Gasteiger partial charge in [0.15, 0.2) is 0 Å². The lowest BCUT2D eigenvalue weighted by Crippen LogP contribution is -2.60. The second kappa shape index (κ2) is 7.52. The summed E-state index contributed by atoms with van der Waals surface area (Å²) in [5, 5.41) is 6.70. The van der Waals surface area contributed by atoms with Crippen molar-refractivity contribution in [3.05, 3.63) is 0 Å². The fraction of sp³-hybridized carbons (Fsp3) is 0.947. The van der Waals surface area contributed by atoms with Crippen molar-refractivity contribution in [2.24, 2.45) is 17.3 Å². The summed E-state index contributed by atoms with van der Waals surface area (Å²) in [6.45, 7) is 16.0. The largest absolute Gasteiger partial charge is 0.349 e. The molecule has 0 saturated heterocycles. The van der Waals surface area contributed by atoms with Crippen LogP contribution in [0.4, 0.5) is 0 Å². The topological polar surface area (TPSA) is 44.4 Å². The van der Waals surface area contributed by atoms with Crippen LogP contribution in [0.1, 0.15) is 60.3 Å². The minimum absolute atomic E-state index is 0.0318. The molecule has 2 saturated carbocycles. The maximum absolute atomic E-state index is 12.4. The standard InChI is InChI=1S/C19H37N3O/c1-6-22(7-2)12-8-11-20-14-17(23)21-19(5)16-10-9-15(13-16)18(19,3)4/h15-16,20H,6-14H2,1-5H3,(H,21,23)/t15-,16-,19-/m0/s1. The molecule has 0 aromatic rings. The summed E-state index contributed by atoms with van der Waals surface area (Å²) in [5.41, 5.74) is 0.185. The fourth-order valence-corrected chi connectivity index (χ4v) is 4.88. The van der Waals surface area contributed by atoms with Crippen LogP contribution in [-0.4, -0.2) is 49.1 Å². The van der Waals surface area contributed by atoms with Crippen LogP contribution < -0.4 is 10.6 Å². The quantitative estimate of drug-likeness (QED) is 0.641. The van der Waals surface area contributed by atoms with Crippen LogP contribution in [0.15, 0.2) is 0 Å². The Bertz CT molecular complexity index is 405. The molecule has 23 heavy (non-hydrogen) atoms. The molecule has 2 aliphatic carbocycles. The highest BCUT2D eigenvalue weighted by atomic mass is 16.2. The molecule has 0 aromatic heterocycles. The van der Waals surface area contributed by atoms with E-state index >= 15 is 0 Å². The first-order valence-electron chi connectivity index (χ1n) is 9.59. The number of amides is 1. The van der Waals surface area contributed by atoms with Crippen molar-refractivity contribution in [2.45, 2.75) is 65.8 Å². The van der Waals surface area contributed by atoms with E-state index in [1.54, 1.807) is 0 Å². The van der Waals surface area contributed by atoms with Crippen molar-refractivity contribution in [3.63, 3.8) is 0 Å². The van der Waals surface area contributed by atoms with Crippen molar-refractivity contribution in [3.8, 4) is 0 Å². The van der Waals surface area contributed by atoms with E-state index in [0.717, 1.165) is 38.5 Å². The second-order valence-electron chi connectivity index (χ2n) is 8.24.